The summed E-state index contributed by atoms with van der Waals surface area (Å²) in [4.78, 5) is 8.86. The van der Waals surface area contributed by atoms with Crippen LogP contribution in [0.4, 0.5) is 4.39 Å². The molecule has 1 unspecified atom stereocenters. The predicted molar refractivity (Wildman–Crippen MR) is 105 cm³/mol. The first-order chi connectivity index (χ1) is 13.1. The van der Waals surface area contributed by atoms with E-state index in [1.54, 1.807) is 13.0 Å². The monoisotopic (exact) mass is 375 g/mol. The van der Waals surface area contributed by atoms with Crippen molar-refractivity contribution in [2.75, 3.05) is 26.3 Å². The topological polar surface area (TPSA) is 66.7 Å². The molecule has 2 heterocycles. The molecule has 27 heavy (non-hydrogen) atoms. The third kappa shape index (κ3) is 6.34. The van der Waals surface area contributed by atoms with Crippen LogP contribution in [-0.2, 0) is 4.74 Å². The van der Waals surface area contributed by atoms with Crippen LogP contribution >= 0.6 is 0 Å². The second kappa shape index (κ2) is 11.1. The van der Waals surface area contributed by atoms with Gasteiger partial charge >= 0.3 is 0 Å². The average molecular weight is 375 g/mol. The highest BCUT2D eigenvalue weighted by atomic mass is 19.1. The number of ether oxygens (including phenoxy) is 1. The number of pyridine rings is 1. The molecule has 6 heteroatoms. The molecule has 1 aliphatic rings. The first-order valence-electron chi connectivity index (χ1n) is 9.59. The number of hydrogen-bond acceptors (Lipinski definition) is 5. The third-order valence-electron chi connectivity index (χ3n) is 4.38. The smallest absolute Gasteiger partial charge is 0.154 e. The van der Waals surface area contributed by atoms with Gasteiger partial charge in [0.2, 0.25) is 0 Å². The number of aliphatic hydroxyl groups is 1. The molecule has 0 aliphatic carbocycles. The predicted octanol–water partition coefficient (Wildman–Crippen LogP) is 2.39. The number of aliphatic hydroxyl groups excluding tert-OH is 1. The van der Waals surface area contributed by atoms with E-state index in [9.17, 15) is 9.50 Å². The Labute approximate surface area is 160 Å². The molecule has 0 spiro atoms. The van der Waals surface area contributed by atoms with Gasteiger partial charge in [-0.2, -0.15) is 0 Å². The molecule has 0 amide bonds. The Morgan fingerprint density at radius 1 is 1.48 bits per heavy atom. The molecule has 0 saturated heterocycles. The molecule has 2 rings (SSSR count). The van der Waals surface area contributed by atoms with E-state index >= 15 is 0 Å². The van der Waals surface area contributed by atoms with Crippen molar-refractivity contribution in [2.24, 2.45) is 4.99 Å². The highest BCUT2D eigenvalue weighted by Gasteiger charge is 2.12. The molecule has 0 aromatic carbocycles. The molecule has 2 N–H and O–H groups in total. The highest BCUT2D eigenvalue weighted by molar-refractivity contribution is 5.30. The normalized spacial score (nSPS) is 15.7. The molecule has 1 aromatic heterocycles. The Morgan fingerprint density at radius 2 is 2.30 bits per heavy atom. The van der Waals surface area contributed by atoms with E-state index in [0.29, 0.717) is 25.1 Å². The van der Waals surface area contributed by atoms with Crippen LogP contribution in [0.1, 0.15) is 50.6 Å². The maximum Gasteiger partial charge on any atom is 0.154 e. The molecule has 0 saturated carbocycles. The lowest BCUT2D eigenvalue weighted by atomic mass is 10.1. The largest absolute Gasteiger partial charge is 0.377 e. The van der Waals surface area contributed by atoms with Crippen LogP contribution in [0.3, 0.4) is 0 Å². The van der Waals surface area contributed by atoms with Crippen LogP contribution < -0.4 is 16.0 Å². The van der Waals surface area contributed by atoms with E-state index in [-0.39, 0.29) is 12.4 Å². The van der Waals surface area contributed by atoms with Crippen LogP contribution in [0.15, 0.2) is 34.6 Å². The standard InChI is InChI=1S/C21H30FN3O2/c1-4-12-27-14-16(5-2)19(22)9-7-11-24-21(26)18-13-17-8-6-10-23-20(17)25-15(18)3/h5,8-9,13,21,24,26H,4,6-7,10-12,14H2,1-3H3/b16-5-,19-9+. The van der Waals surface area contributed by atoms with Crippen molar-refractivity contribution in [1.29, 1.82) is 0 Å². The summed E-state index contributed by atoms with van der Waals surface area (Å²) in [6.07, 6.45) is 6.76. The first kappa shape index (κ1) is 21.4. The van der Waals surface area contributed by atoms with Gasteiger partial charge in [-0.25, -0.2) is 9.37 Å². The fourth-order valence-corrected chi connectivity index (χ4v) is 2.85. The van der Waals surface area contributed by atoms with Gasteiger partial charge in [0.05, 0.1) is 6.61 Å². The van der Waals surface area contributed by atoms with E-state index in [1.807, 2.05) is 19.9 Å². The molecular weight excluding hydrogens is 345 g/mol. The lowest BCUT2D eigenvalue weighted by Gasteiger charge is -2.15. The zero-order valence-corrected chi connectivity index (χ0v) is 16.5. The van der Waals surface area contributed by atoms with Crippen LogP contribution in [0, 0.1) is 6.92 Å². The van der Waals surface area contributed by atoms with Gasteiger partial charge in [-0.15, -0.1) is 0 Å². The molecule has 1 atom stereocenters. The van der Waals surface area contributed by atoms with Crippen molar-refractivity contribution in [3.63, 3.8) is 0 Å². The van der Waals surface area contributed by atoms with Crippen molar-refractivity contribution in [3.8, 4) is 0 Å². The van der Waals surface area contributed by atoms with Gasteiger partial charge in [-0.3, -0.25) is 10.3 Å². The second-order valence-corrected chi connectivity index (χ2v) is 6.51. The van der Waals surface area contributed by atoms with Gasteiger partial charge in [0, 0.05) is 41.7 Å². The number of aryl methyl sites for hydroxylation is 1. The van der Waals surface area contributed by atoms with Crippen LogP contribution in [0.2, 0.25) is 0 Å². The summed E-state index contributed by atoms with van der Waals surface area (Å²) >= 11 is 0. The quantitative estimate of drug-likeness (QED) is 0.374. The van der Waals surface area contributed by atoms with Crippen molar-refractivity contribution in [3.05, 3.63) is 51.6 Å². The van der Waals surface area contributed by atoms with Gasteiger partial charge < -0.3 is 9.84 Å². The van der Waals surface area contributed by atoms with Gasteiger partial charge in [-0.1, -0.05) is 19.1 Å². The Kier molecular flexibility index (Phi) is 8.78. The maximum absolute atomic E-state index is 14.2. The van der Waals surface area contributed by atoms with Gasteiger partial charge in [0.25, 0.3) is 0 Å². The minimum Gasteiger partial charge on any atom is -0.377 e. The molecule has 1 aromatic rings. The fraction of sp³-hybridized carbons (Fsp3) is 0.524. The Hall–Kier alpha value is -1.89. The number of nitrogens with zero attached hydrogens (tertiary/aromatic N) is 2. The van der Waals surface area contributed by atoms with E-state index in [2.05, 4.69) is 21.4 Å². The van der Waals surface area contributed by atoms with Gasteiger partial charge in [0.15, 0.2) is 5.49 Å². The van der Waals surface area contributed by atoms with Crippen LogP contribution in [-0.4, -0.2) is 36.4 Å². The van der Waals surface area contributed by atoms with E-state index in [0.717, 1.165) is 41.4 Å². The lowest BCUT2D eigenvalue weighted by molar-refractivity contribution is 0.139. The van der Waals surface area contributed by atoms with Crippen LogP contribution in [0.5, 0.6) is 0 Å². The molecule has 0 radical (unpaired) electrons. The van der Waals surface area contributed by atoms with E-state index in [1.165, 1.54) is 6.08 Å². The minimum atomic E-state index is -0.844. The van der Waals surface area contributed by atoms with Crippen LogP contribution in [0.25, 0.3) is 6.08 Å². The highest BCUT2D eigenvalue weighted by Crippen LogP contribution is 2.14. The average Bonchev–Trinajstić information content (AvgIpc) is 2.67. The second-order valence-electron chi connectivity index (χ2n) is 6.51. The fourth-order valence-electron chi connectivity index (χ4n) is 2.85. The van der Waals surface area contributed by atoms with Crippen molar-refractivity contribution in [1.82, 2.24) is 10.3 Å². The number of rotatable bonds is 10. The number of allylic oxidation sites excluding steroid dienone is 1. The maximum atomic E-state index is 14.2. The number of aromatic nitrogens is 1. The molecule has 0 fully saturated rings. The summed E-state index contributed by atoms with van der Waals surface area (Å²) < 4.78 is 19.6. The van der Waals surface area contributed by atoms with Gasteiger partial charge in [0.1, 0.15) is 12.1 Å². The summed E-state index contributed by atoms with van der Waals surface area (Å²) in [6, 6.07) is 1.93. The van der Waals surface area contributed by atoms with Gasteiger partial charge in [-0.05, 0) is 45.3 Å². The molecular formula is C21H30FN3O2. The molecule has 1 aliphatic heterocycles. The Morgan fingerprint density at radius 3 is 3.04 bits per heavy atom. The summed E-state index contributed by atoms with van der Waals surface area (Å²) in [6.45, 7) is 7.79. The molecule has 148 valence electrons. The first-order valence-corrected chi connectivity index (χ1v) is 9.59. The van der Waals surface area contributed by atoms with Crippen molar-refractivity contribution >= 4 is 6.08 Å². The number of fused-ring (bicyclic) bond motifs is 1. The number of halogens is 1. The number of nitrogens with one attached hydrogen (secondary N) is 1. The third-order valence-corrected chi connectivity index (χ3v) is 4.38. The Balaban J connectivity index is 1.90. The summed E-state index contributed by atoms with van der Waals surface area (Å²) in [5.41, 5.74) is 2.77. The number of hydrogen-bond donors (Lipinski definition) is 2. The Bertz CT molecular complexity index is 802. The molecule has 0 bridgehead atoms. The minimum absolute atomic E-state index is 0.271. The van der Waals surface area contributed by atoms with E-state index < -0.39 is 6.23 Å². The SMILES string of the molecule is C/C=C(COCCC)\C(F)=C/CCNC(O)c1cc2c(nc1C)=NCCC=2. The molecule has 5 nitrogen and oxygen atoms in total. The zero-order valence-electron chi connectivity index (χ0n) is 16.5. The summed E-state index contributed by atoms with van der Waals surface area (Å²) in [5.74, 6) is -0.271. The van der Waals surface area contributed by atoms with Crippen molar-refractivity contribution in [2.45, 2.75) is 46.3 Å². The summed E-state index contributed by atoms with van der Waals surface area (Å²) in [5, 5.41) is 14.4. The van der Waals surface area contributed by atoms with E-state index in [4.69, 9.17) is 4.74 Å². The lowest BCUT2D eigenvalue weighted by Crippen LogP contribution is -2.35. The zero-order chi connectivity index (χ0) is 19.6. The van der Waals surface area contributed by atoms with Crippen molar-refractivity contribution < 1.29 is 14.2 Å². The summed E-state index contributed by atoms with van der Waals surface area (Å²) in [7, 11) is 0.